The molecule has 0 heterocycles. The first-order valence-corrected chi connectivity index (χ1v) is 5.23. The van der Waals surface area contributed by atoms with E-state index >= 15 is 0 Å². The number of rotatable bonds is 6. The molecule has 0 aliphatic carbocycles. The highest BCUT2D eigenvalue weighted by Crippen LogP contribution is 2.04. The van der Waals surface area contributed by atoms with Gasteiger partial charge in [-0.05, 0) is 6.92 Å². The van der Waals surface area contributed by atoms with Gasteiger partial charge in [-0.3, -0.25) is 14.4 Å². The summed E-state index contributed by atoms with van der Waals surface area (Å²) in [5.41, 5.74) is 2.88. The highest BCUT2D eigenvalue weighted by Gasteiger charge is 2.08. The Labute approximate surface area is 94.6 Å². The lowest BCUT2D eigenvalue weighted by atomic mass is 10.1. The van der Waals surface area contributed by atoms with Gasteiger partial charge in [0.2, 0.25) is 5.91 Å². The topological polar surface area (TPSA) is 55.4 Å². The minimum absolute atomic E-state index is 0.0350. The normalized spacial score (nSPS) is 9.81. The largest absolute Gasteiger partial charge is 0.294 e. The molecule has 0 atom stereocenters. The summed E-state index contributed by atoms with van der Waals surface area (Å²) < 4.78 is 0. The van der Waals surface area contributed by atoms with Crippen molar-refractivity contribution < 1.29 is 14.4 Å². The Morgan fingerprint density at radius 3 is 2.50 bits per heavy atom. The van der Waals surface area contributed by atoms with E-state index in [0.717, 1.165) is 0 Å². The second-order valence-electron chi connectivity index (χ2n) is 3.25. The van der Waals surface area contributed by atoms with Crippen LogP contribution in [0, 0.1) is 0 Å². The molecule has 4 nitrogen and oxygen atoms in total. The molecule has 1 aromatic rings. The Kier molecular flexibility index (Phi) is 5.22. The quantitative estimate of drug-likeness (QED) is 0.587. The zero-order valence-corrected chi connectivity index (χ0v) is 9.23. The highest BCUT2D eigenvalue weighted by atomic mass is 16.6. The number of carbonyl (C=O) groups is 2. The SMILES string of the molecule is CCONC(=O)CCC(=O)c1ccccc1. The molecule has 0 saturated heterocycles. The lowest BCUT2D eigenvalue weighted by Crippen LogP contribution is -2.23. The fourth-order valence-electron chi connectivity index (χ4n) is 1.20. The van der Waals surface area contributed by atoms with Crippen molar-refractivity contribution in [3.05, 3.63) is 35.9 Å². The van der Waals surface area contributed by atoms with Crippen LogP contribution in [0.25, 0.3) is 0 Å². The van der Waals surface area contributed by atoms with Crippen LogP contribution in [0.1, 0.15) is 30.1 Å². The second-order valence-corrected chi connectivity index (χ2v) is 3.25. The molecule has 0 bridgehead atoms. The van der Waals surface area contributed by atoms with Gasteiger partial charge < -0.3 is 0 Å². The van der Waals surface area contributed by atoms with Gasteiger partial charge in [-0.1, -0.05) is 30.3 Å². The molecular formula is C12H15NO3. The monoisotopic (exact) mass is 221 g/mol. The van der Waals surface area contributed by atoms with E-state index in [2.05, 4.69) is 5.48 Å². The number of ketones is 1. The molecule has 0 aliphatic heterocycles. The Bertz CT molecular complexity index is 349. The van der Waals surface area contributed by atoms with Gasteiger partial charge in [0.15, 0.2) is 5.78 Å². The van der Waals surface area contributed by atoms with Crippen molar-refractivity contribution in [2.24, 2.45) is 0 Å². The lowest BCUT2D eigenvalue weighted by molar-refractivity contribution is -0.133. The molecule has 1 rings (SSSR count). The van der Waals surface area contributed by atoms with Gasteiger partial charge in [-0.25, -0.2) is 5.48 Å². The van der Waals surface area contributed by atoms with Gasteiger partial charge in [0.05, 0.1) is 6.61 Å². The molecule has 0 spiro atoms. The van der Waals surface area contributed by atoms with Gasteiger partial charge in [0.25, 0.3) is 0 Å². The summed E-state index contributed by atoms with van der Waals surface area (Å²) in [7, 11) is 0. The van der Waals surface area contributed by atoms with Crippen LogP contribution in [0.3, 0.4) is 0 Å². The van der Waals surface area contributed by atoms with Crippen LogP contribution < -0.4 is 5.48 Å². The van der Waals surface area contributed by atoms with Crippen molar-refractivity contribution in [1.82, 2.24) is 5.48 Å². The molecule has 0 radical (unpaired) electrons. The molecule has 1 aromatic carbocycles. The van der Waals surface area contributed by atoms with Crippen molar-refractivity contribution in [2.75, 3.05) is 6.61 Å². The van der Waals surface area contributed by atoms with Gasteiger partial charge >= 0.3 is 0 Å². The number of hydroxylamine groups is 1. The molecule has 0 saturated carbocycles. The number of carbonyl (C=O) groups excluding carboxylic acids is 2. The number of hydrogen-bond acceptors (Lipinski definition) is 3. The minimum Gasteiger partial charge on any atom is -0.294 e. The van der Waals surface area contributed by atoms with E-state index in [9.17, 15) is 9.59 Å². The first-order chi connectivity index (χ1) is 7.74. The zero-order valence-electron chi connectivity index (χ0n) is 9.23. The van der Waals surface area contributed by atoms with Crippen LogP contribution in [-0.2, 0) is 9.63 Å². The van der Waals surface area contributed by atoms with Crippen LogP contribution in [0.4, 0.5) is 0 Å². The van der Waals surface area contributed by atoms with E-state index in [1.807, 2.05) is 6.07 Å². The highest BCUT2D eigenvalue weighted by molar-refractivity contribution is 5.97. The maximum Gasteiger partial charge on any atom is 0.243 e. The predicted octanol–water partition coefficient (Wildman–Crippen LogP) is 1.72. The Morgan fingerprint density at radius 1 is 1.19 bits per heavy atom. The summed E-state index contributed by atoms with van der Waals surface area (Å²) in [5.74, 6) is -0.307. The van der Waals surface area contributed by atoms with Crippen molar-refractivity contribution >= 4 is 11.7 Å². The molecule has 16 heavy (non-hydrogen) atoms. The van der Waals surface area contributed by atoms with E-state index in [4.69, 9.17) is 4.84 Å². The third-order valence-corrected chi connectivity index (χ3v) is 2.01. The minimum atomic E-state index is -0.272. The molecule has 0 unspecified atom stereocenters. The molecule has 1 N–H and O–H groups in total. The summed E-state index contributed by atoms with van der Waals surface area (Å²) in [4.78, 5) is 27.5. The Balaban J connectivity index is 2.33. The maximum absolute atomic E-state index is 11.6. The Hall–Kier alpha value is -1.68. The lowest BCUT2D eigenvalue weighted by Gasteiger charge is -2.03. The number of hydrogen-bond donors (Lipinski definition) is 1. The fourth-order valence-corrected chi connectivity index (χ4v) is 1.20. The average molecular weight is 221 g/mol. The zero-order chi connectivity index (χ0) is 11.8. The molecular weight excluding hydrogens is 206 g/mol. The van der Waals surface area contributed by atoms with E-state index in [-0.39, 0.29) is 24.5 Å². The van der Waals surface area contributed by atoms with Crippen LogP contribution in [0.15, 0.2) is 30.3 Å². The summed E-state index contributed by atoms with van der Waals surface area (Å²) >= 11 is 0. The summed E-state index contributed by atoms with van der Waals surface area (Å²) in [5, 5.41) is 0. The molecule has 0 aromatic heterocycles. The summed E-state index contributed by atoms with van der Waals surface area (Å²) in [6.07, 6.45) is 0.344. The molecule has 4 heteroatoms. The maximum atomic E-state index is 11.6. The van der Waals surface area contributed by atoms with Crippen LogP contribution >= 0.6 is 0 Å². The number of Topliss-reactive ketones (excluding diaryl/α,β-unsaturated/α-hetero) is 1. The standard InChI is InChI=1S/C12H15NO3/c1-2-16-13-12(15)9-8-11(14)10-6-4-3-5-7-10/h3-7H,2,8-9H2,1H3,(H,13,15). The van der Waals surface area contributed by atoms with Gasteiger partial charge in [-0.2, -0.15) is 0 Å². The number of amides is 1. The second kappa shape index (κ2) is 6.74. The van der Waals surface area contributed by atoms with Gasteiger partial charge in [0.1, 0.15) is 0 Å². The number of nitrogens with one attached hydrogen (secondary N) is 1. The van der Waals surface area contributed by atoms with Gasteiger partial charge in [-0.15, -0.1) is 0 Å². The smallest absolute Gasteiger partial charge is 0.243 e. The van der Waals surface area contributed by atoms with E-state index in [1.54, 1.807) is 31.2 Å². The average Bonchev–Trinajstić information content (AvgIpc) is 2.34. The van der Waals surface area contributed by atoms with Crippen molar-refractivity contribution in [3.63, 3.8) is 0 Å². The van der Waals surface area contributed by atoms with Crippen LogP contribution in [-0.4, -0.2) is 18.3 Å². The van der Waals surface area contributed by atoms with E-state index in [1.165, 1.54) is 0 Å². The third kappa shape index (κ3) is 4.23. The van der Waals surface area contributed by atoms with Gasteiger partial charge in [0, 0.05) is 18.4 Å². The van der Waals surface area contributed by atoms with Crippen molar-refractivity contribution in [1.29, 1.82) is 0 Å². The van der Waals surface area contributed by atoms with Crippen molar-refractivity contribution in [2.45, 2.75) is 19.8 Å². The van der Waals surface area contributed by atoms with E-state index in [0.29, 0.717) is 12.2 Å². The van der Waals surface area contributed by atoms with Crippen LogP contribution in [0.2, 0.25) is 0 Å². The fraction of sp³-hybridized carbons (Fsp3) is 0.333. The third-order valence-electron chi connectivity index (χ3n) is 2.01. The van der Waals surface area contributed by atoms with Crippen molar-refractivity contribution in [3.8, 4) is 0 Å². The summed E-state index contributed by atoms with van der Waals surface area (Å²) in [6.45, 7) is 2.19. The van der Waals surface area contributed by atoms with E-state index < -0.39 is 0 Å². The molecule has 0 aliphatic rings. The van der Waals surface area contributed by atoms with Crippen LogP contribution in [0.5, 0.6) is 0 Å². The first kappa shape index (κ1) is 12.4. The first-order valence-electron chi connectivity index (χ1n) is 5.23. The summed E-state index contributed by atoms with van der Waals surface area (Å²) in [6, 6.07) is 8.92. The molecule has 86 valence electrons. The predicted molar refractivity (Wildman–Crippen MR) is 59.8 cm³/mol. The molecule has 0 fully saturated rings. The molecule has 1 amide bonds. The number of benzene rings is 1. The Morgan fingerprint density at radius 2 is 1.88 bits per heavy atom.